The van der Waals surface area contributed by atoms with Crippen molar-refractivity contribution in [2.75, 3.05) is 0 Å². The van der Waals surface area contributed by atoms with E-state index in [1.165, 1.54) is 12.4 Å². The average Bonchev–Trinajstić information content (AvgIpc) is 3.05. The summed E-state index contributed by atoms with van der Waals surface area (Å²) in [6.07, 6.45) is 0.617. The number of aromatic nitrogens is 2. The largest absolute Gasteiger partial charge is 0.297 e. The van der Waals surface area contributed by atoms with Crippen LogP contribution in [0.2, 0.25) is 0 Å². The van der Waals surface area contributed by atoms with Crippen molar-refractivity contribution in [2.24, 2.45) is 0 Å². The van der Waals surface area contributed by atoms with E-state index in [-0.39, 0.29) is 6.42 Å². The quantitative estimate of drug-likeness (QED) is 0.814. The number of nitrogens with zero attached hydrogens (tertiary/aromatic N) is 3. The molecule has 1 aromatic heterocycles. The molecule has 1 aliphatic carbocycles. The van der Waals surface area contributed by atoms with E-state index in [0.717, 1.165) is 0 Å². The summed E-state index contributed by atoms with van der Waals surface area (Å²) < 4.78 is 37.9. The van der Waals surface area contributed by atoms with Gasteiger partial charge in [0.2, 0.25) is 0 Å². The van der Waals surface area contributed by atoms with Gasteiger partial charge in [-0.25, -0.2) is 23.1 Å². The van der Waals surface area contributed by atoms with Crippen LogP contribution in [0.3, 0.4) is 0 Å². The van der Waals surface area contributed by atoms with Gasteiger partial charge in [-0.15, -0.1) is 0 Å². The van der Waals surface area contributed by atoms with E-state index < -0.39 is 23.8 Å². The van der Waals surface area contributed by atoms with Crippen molar-refractivity contribution in [3.05, 3.63) is 23.8 Å². The summed E-state index contributed by atoms with van der Waals surface area (Å²) in [5.41, 5.74) is -0.872. The van der Waals surface area contributed by atoms with Gasteiger partial charge in [0.15, 0.2) is 5.82 Å². The topological polar surface area (TPSA) is 49.6 Å². The summed E-state index contributed by atoms with van der Waals surface area (Å²) in [6.45, 7) is 0. The van der Waals surface area contributed by atoms with Crippen LogP contribution in [-0.2, 0) is 0 Å². The Morgan fingerprint density at radius 1 is 1.35 bits per heavy atom. The van der Waals surface area contributed by atoms with Gasteiger partial charge in [0.05, 0.1) is 12.0 Å². The maximum absolute atomic E-state index is 13.5. The summed E-state index contributed by atoms with van der Waals surface area (Å²) in [7, 11) is 0. The smallest absolute Gasteiger partial charge is 0.244 e. The Morgan fingerprint density at radius 2 is 1.94 bits per heavy atom. The van der Waals surface area contributed by atoms with Crippen molar-refractivity contribution in [2.45, 2.75) is 37.3 Å². The van der Waals surface area contributed by atoms with Crippen molar-refractivity contribution in [1.82, 2.24) is 9.97 Å². The molecule has 1 fully saturated rings. The number of rotatable bonds is 4. The van der Waals surface area contributed by atoms with E-state index in [4.69, 9.17) is 5.26 Å². The van der Waals surface area contributed by atoms with Crippen LogP contribution < -0.4 is 0 Å². The molecule has 17 heavy (non-hydrogen) atoms. The molecule has 0 spiro atoms. The van der Waals surface area contributed by atoms with Crippen molar-refractivity contribution in [3.8, 4) is 6.07 Å². The molecule has 1 atom stereocenters. The lowest BCUT2D eigenvalue weighted by Gasteiger charge is -2.11. The molecule has 6 heteroatoms. The van der Waals surface area contributed by atoms with Crippen molar-refractivity contribution < 1.29 is 13.2 Å². The van der Waals surface area contributed by atoms with E-state index in [0.29, 0.717) is 18.4 Å². The number of hydrogen-bond acceptors (Lipinski definition) is 3. The van der Waals surface area contributed by atoms with Gasteiger partial charge in [0.25, 0.3) is 6.43 Å². The molecule has 1 aliphatic rings. The molecule has 0 aliphatic heterocycles. The molecule has 1 saturated carbocycles. The molecule has 2 rings (SSSR count). The van der Waals surface area contributed by atoms with Crippen molar-refractivity contribution in [1.29, 1.82) is 5.26 Å². The number of halogens is 3. The minimum Gasteiger partial charge on any atom is -0.244 e. The SMILES string of the molecule is N#CC(CC1(F)CC1)c1cnc(C(F)F)nc1. The lowest BCUT2D eigenvalue weighted by molar-refractivity contribution is 0.140. The molecular weight excluding hydrogens is 231 g/mol. The second kappa shape index (κ2) is 4.32. The Hall–Kier alpha value is -1.64. The monoisotopic (exact) mass is 241 g/mol. The maximum atomic E-state index is 13.5. The van der Waals surface area contributed by atoms with E-state index in [2.05, 4.69) is 9.97 Å². The summed E-state index contributed by atoms with van der Waals surface area (Å²) in [4.78, 5) is 6.93. The fraction of sp³-hybridized carbons (Fsp3) is 0.545. The Labute approximate surface area is 96.3 Å². The molecule has 1 aromatic rings. The van der Waals surface area contributed by atoms with Crippen LogP contribution in [0, 0.1) is 11.3 Å². The highest BCUT2D eigenvalue weighted by Gasteiger charge is 2.45. The molecule has 90 valence electrons. The fourth-order valence-electron chi connectivity index (χ4n) is 1.58. The van der Waals surface area contributed by atoms with Gasteiger partial charge in [-0.05, 0) is 12.8 Å². The molecule has 0 bridgehead atoms. The molecule has 0 N–H and O–H groups in total. The molecule has 0 aromatic carbocycles. The van der Waals surface area contributed by atoms with Gasteiger partial charge in [-0.1, -0.05) is 0 Å². The van der Waals surface area contributed by atoms with Crippen molar-refractivity contribution in [3.63, 3.8) is 0 Å². The third-order valence-electron chi connectivity index (χ3n) is 2.81. The van der Waals surface area contributed by atoms with Crippen LogP contribution in [0.25, 0.3) is 0 Å². The van der Waals surface area contributed by atoms with E-state index in [9.17, 15) is 13.2 Å². The van der Waals surface area contributed by atoms with Gasteiger partial charge in [0.1, 0.15) is 5.67 Å². The standard InChI is InChI=1S/C11H10F3N3/c12-9(13)10-16-5-8(6-17-10)7(4-15)3-11(14)1-2-11/h5-7,9H,1-3H2. The Morgan fingerprint density at radius 3 is 2.35 bits per heavy atom. The third-order valence-corrected chi connectivity index (χ3v) is 2.81. The predicted molar refractivity (Wildman–Crippen MR) is 53.0 cm³/mol. The Bertz CT molecular complexity index is 434. The lowest BCUT2D eigenvalue weighted by Crippen LogP contribution is -2.08. The van der Waals surface area contributed by atoms with Crippen LogP contribution in [0.15, 0.2) is 12.4 Å². The molecule has 1 unspecified atom stereocenters. The Kier molecular flexibility index (Phi) is 3.01. The summed E-state index contributed by atoms with van der Waals surface area (Å²) in [5.74, 6) is -1.25. The predicted octanol–water partition coefficient (Wildman–Crippen LogP) is 2.91. The highest BCUT2D eigenvalue weighted by Crippen LogP contribution is 2.46. The number of nitriles is 1. The minimum atomic E-state index is -2.74. The second-order valence-electron chi connectivity index (χ2n) is 4.21. The second-order valence-corrected chi connectivity index (χ2v) is 4.21. The molecule has 0 saturated heterocycles. The lowest BCUT2D eigenvalue weighted by atomic mass is 9.96. The molecule has 3 nitrogen and oxygen atoms in total. The molecular formula is C11H10F3N3. The zero-order valence-electron chi connectivity index (χ0n) is 8.91. The van der Waals surface area contributed by atoms with Gasteiger partial charge in [-0.3, -0.25) is 0 Å². The van der Waals surface area contributed by atoms with Crippen LogP contribution >= 0.6 is 0 Å². The van der Waals surface area contributed by atoms with Crippen molar-refractivity contribution >= 4 is 0 Å². The maximum Gasteiger partial charge on any atom is 0.297 e. The first-order chi connectivity index (χ1) is 8.04. The average molecular weight is 241 g/mol. The molecule has 1 heterocycles. The van der Waals surface area contributed by atoms with Crippen LogP contribution in [0.1, 0.15) is 43.0 Å². The zero-order valence-corrected chi connectivity index (χ0v) is 8.91. The highest BCUT2D eigenvalue weighted by molar-refractivity contribution is 5.21. The first kappa shape index (κ1) is 11.8. The third kappa shape index (κ3) is 2.73. The number of alkyl halides is 3. The summed E-state index contributed by atoms with van der Waals surface area (Å²) >= 11 is 0. The number of hydrogen-bond donors (Lipinski definition) is 0. The first-order valence-electron chi connectivity index (χ1n) is 5.22. The zero-order chi connectivity index (χ0) is 12.5. The normalized spacial score (nSPS) is 18.8. The van der Waals surface area contributed by atoms with Crippen LogP contribution in [0.5, 0.6) is 0 Å². The Balaban J connectivity index is 2.12. The van der Waals surface area contributed by atoms with E-state index in [1.54, 1.807) is 0 Å². The molecule has 0 amide bonds. The summed E-state index contributed by atoms with van der Waals surface area (Å²) in [6, 6.07) is 1.96. The summed E-state index contributed by atoms with van der Waals surface area (Å²) in [5, 5.41) is 8.93. The van der Waals surface area contributed by atoms with Gasteiger partial charge in [0, 0.05) is 24.4 Å². The molecule has 0 radical (unpaired) electrons. The van der Waals surface area contributed by atoms with Gasteiger partial charge < -0.3 is 0 Å². The van der Waals surface area contributed by atoms with E-state index in [1.807, 2.05) is 6.07 Å². The minimum absolute atomic E-state index is 0.0842. The van der Waals surface area contributed by atoms with E-state index >= 15 is 0 Å². The van der Waals surface area contributed by atoms with Crippen LogP contribution in [0.4, 0.5) is 13.2 Å². The van der Waals surface area contributed by atoms with Crippen LogP contribution in [-0.4, -0.2) is 15.6 Å². The fourth-order valence-corrected chi connectivity index (χ4v) is 1.58. The highest BCUT2D eigenvalue weighted by atomic mass is 19.3. The van der Waals surface area contributed by atoms with Gasteiger partial charge in [-0.2, -0.15) is 5.26 Å². The first-order valence-corrected chi connectivity index (χ1v) is 5.22. The van der Waals surface area contributed by atoms with Gasteiger partial charge >= 0.3 is 0 Å².